The van der Waals surface area contributed by atoms with Crippen molar-refractivity contribution < 1.29 is 4.79 Å². The zero-order valence-corrected chi connectivity index (χ0v) is 20.5. The lowest BCUT2D eigenvalue weighted by Crippen LogP contribution is -2.41. The van der Waals surface area contributed by atoms with Gasteiger partial charge in [-0.15, -0.1) is 24.0 Å². The van der Waals surface area contributed by atoms with Gasteiger partial charge in [0.15, 0.2) is 5.96 Å². The highest BCUT2D eigenvalue weighted by Crippen LogP contribution is 2.17. The molecule has 1 aliphatic rings. The van der Waals surface area contributed by atoms with Gasteiger partial charge in [-0.2, -0.15) is 0 Å². The van der Waals surface area contributed by atoms with Crippen LogP contribution in [0.5, 0.6) is 0 Å². The van der Waals surface area contributed by atoms with Crippen molar-refractivity contribution in [2.24, 2.45) is 10.9 Å². The Hall–Kier alpha value is -2.29. The second kappa shape index (κ2) is 13.9. The normalized spacial score (nSPS) is 16.0. The third kappa shape index (κ3) is 8.77. The Labute approximate surface area is 202 Å². The van der Waals surface area contributed by atoms with E-state index in [4.69, 9.17) is 0 Å². The van der Waals surface area contributed by atoms with Crippen molar-refractivity contribution in [2.45, 2.75) is 19.3 Å². The summed E-state index contributed by atoms with van der Waals surface area (Å²) in [5.74, 6) is 1.38. The number of amides is 1. The van der Waals surface area contributed by atoms with Crippen LogP contribution in [0.3, 0.4) is 0 Å². The summed E-state index contributed by atoms with van der Waals surface area (Å²) in [7, 11) is 1.78. The molecule has 1 unspecified atom stereocenters. The van der Waals surface area contributed by atoms with Crippen molar-refractivity contribution in [3.63, 3.8) is 0 Å². The second-order valence-electron chi connectivity index (χ2n) is 7.67. The molecule has 0 aliphatic carbocycles. The molecule has 1 atom stereocenters. The van der Waals surface area contributed by atoms with E-state index in [-0.39, 0.29) is 29.9 Å². The molecule has 1 saturated heterocycles. The van der Waals surface area contributed by atoms with Gasteiger partial charge in [-0.25, -0.2) is 0 Å². The molecule has 6 nitrogen and oxygen atoms in total. The molecule has 0 radical (unpaired) electrons. The molecular formula is C24H34IN5O. The minimum atomic E-state index is 0. The first kappa shape index (κ1) is 25.0. The highest BCUT2D eigenvalue weighted by molar-refractivity contribution is 14.0. The van der Waals surface area contributed by atoms with Gasteiger partial charge in [0.1, 0.15) is 0 Å². The van der Waals surface area contributed by atoms with Crippen LogP contribution in [0.1, 0.15) is 18.4 Å². The topological polar surface area (TPSA) is 68.8 Å². The highest BCUT2D eigenvalue weighted by atomic mass is 127. The Balaban J connectivity index is 0.00000341. The van der Waals surface area contributed by atoms with Crippen LogP contribution in [-0.2, 0) is 11.2 Å². The molecule has 2 aromatic carbocycles. The summed E-state index contributed by atoms with van der Waals surface area (Å²) in [6.45, 7) is 4.11. The third-order valence-electron chi connectivity index (χ3n) is 5.34. The first-order valence-corrected chi connectivity index (χ1v) is 10.8. The van der Waals surface area contributed by atoms with E-state index in [1.165, 1.54) is 5.56 Å². The predicted molar refractivity (Wildman–Crippen MR) is 139 cm³/mol. The molecule has 7 heteroatoms. The van der Waals surface area contributed by atoms with Crippen molar-refractivity contribution in [1.29, 1.82) is 0 Å². The Kier molecular flexibility index (Phi) is 11.2. The summed E-state index contributed by atoms with van der Waals surface area (Å²) in [6.07, 6.45) is 2.51. The summed E-state index contributed by atoms with van der Waals surface area (Å²) < 4.78 is 0. The number of benzene rings is 2. The Morgan fingerprint density at radius 3 is 2.45 bits per heavy atom. The van der Waals surface area contributed by atoms with Gasteiger partial charge < -0.3 is 20.9 Å². The SMILES string of the molecule is CN=C(NCCCNc1ccccc1)NCC1CC(=O)N(CCc2ccccc2)C1.I. The lowest BCUT2D eigenvalue weighted by Gasteiger charge is -2.18. The number of carbonyl (C=O) groups is 1. The summed E-state index contributed by atoms with van der Waals surface area (Å²) in [5.41, 5.74) is 2.42. The maximum Gasteiger partial charge on any atom is 0.223 e. The average Bonchev–Trinajstić information content (AvgIpc) is 3.15. The number of likely N-dealkylation sites (tertiary alicyclic amines) is 1. The number of guanidine groups is 1. The zero-order valence-electron chi connectivity index (χ0n) is 18.2. The molecule has 2 aromatic rings. The molecule has 0 aromatic heterocycles. The van der Waals surface area contributed by atoms with Crippen molar-refractivity contribution in [3.8, 4) is 0 Å². The molecule has 168 valence electrons. The number of hydrogen-bond donors (Lipinski definition) is 3. The van der Waals surface area contributed by atoms with E-state index >= 15 is 0 Å². The van der Waals surface area contributed by atoms with E-state index in [1.807, 2.05) is 41.3 Å². The van der Waals surface area contributed by atoms with Crippen LogP contribution < -0.4 is 16.0 Å². The van der Waals surface area contributed by atoms with Crippen LogP contribution in [0.4, 0.5) is 5.69 Å². The number of nitrogens with one attached hydrogen (secondary N) is 3. The first-order valence-electron chi connectivity index (χ1n) is 10.8. The summed E-state index contributed by atoms with van der Waals surface area (Å²) in [6, 6.07) is 20.6. The summed E-state index contributed by atoms with van der Waals surface area (Å²) in [4.78, 5) is 18.6. The van der Waals surface area contributed by atoms with Crippen molar-refractivity contribution >= 4 is 41.5 Å². The number of halogens is 1. The summed E-state index contributed by atoms with van der Waals surface area (Å²) >= 11 is 0. The molecule has 31 heavy (non-hydrogen) atoms. The number of rotatable bonds is 10. The lowest BCUT2D eigenvalue weighted by molar-refractivity contribution is -0.127. The van der Waals surface area contributed by atoms with Crippen molar-refractivity contribution in [2.75, 3.05) is 45.1 Å². The fourth-order valence-electron chi connectivity index (χ4n) is 3.66. The van der Waals surface area contributed by atoms with Gasteiger partial charge in [-0.05, 0) is 30.5 Å². The van der Waals surface area contributed by atoms with Crippen molar-refractivity contribution in [3.05, 3.63) is 66.2 Å². The fourth-order valence-corrected chi connectivity index (χ4v) is 3.66. The third-order valence-corrected chi connectivity index (χ3v) is 5.34. The summed E-state index contributed by atoms with van der Waals surface area (Å²) in [5, 5.41) is 10.1. The molecule has 1 amide bonds. The molecular weight excluding hydrogens is 501 g/mol. The van der Waals surface area contributed by atoms with Crippen LogP contribution in [0.2, 0.25) is 0 Å². The second-order valence-corrected chi connectivity index (χ2v) is 7.67. The molecule has 0 bridgehead atoms. The number of aliphatic imine (C=N–C) groups is 1. The number of anilines is 1. The standard InChI is InChI=1S/C24H33N5O.HI/c1-25-24(27-15-8-14-26-22-11-6-3-7-12-22)28-18-21-17-23(30)29(19-21)16-13-20-9-4-2-5-10-20;/h2-7,9-12,21,26H,8,13-19H2,1H3,(H2,25,27,28);1H. The Bertz CT molecular complexity index is 800. The van der Waals surface area contributed by atoms with Gasteiger partial charge in [0, 0.05) is 57.8 Å². The van der Waals surface area contributed by atoms with Crippen molar-refractivity contribution in [1.82, 2.24) is 15.5 Å². The minimum Gasteiger partial charge on any atom is -0.385 e. The number of carbonyl (C=O) groups excluding carboxylic acids is 1. The van der Waals surface area contributed by atoms with Gasteiger partial charge in [-0.3, -0.25) is 9.79 Å². The van der Waals surface area contributed by atoms with E-state index < -0.39 is 0 Å². The Morgan fingerprint density at radius 2 is 1.74 bits per heavy atom. The number of nitrogens with zero attached hydrogens (tertiary/aromatic N) is 2. The highest BCUT2D eigenvalue weighted by Gasteiger charge is 2.29. The maximum atomic E-state index is 12.3. The number of para-hydroxylation sites is 1. The monoisotopic (exact) mass is 535 g/mol. The van der Waals surface area contributed by atoms with E-state index in [0.717, 1.165) is 57.2 Å². The molecule has 1 heterocycles. The number of hydrogen-bond acceptors (Lipinski definition) is 3. The zero-order chi connectivity index (χ0) is 21.0. The van der Waals surface area contributed by atoms with Crippen LogP contribution in [-0.4, -0.2) is 56.5 Å². The minimum absolute atomic E-state index is 0. The van der Waals surface area contributed by atoms with Crippen LogP contribution in [0, 0.1) is 5.92 Å². The van der Waals surface area contributed by atoms with E-state index in [0.29, 0.717) is 12.3 Å². The predicted octanol–water partition coefficient (Wildman–Crippen LogP) is 3.36. The first-order chi connectivity index (χ1) is 14.7. The molecule has 3 rings (SSSR count). The van der Waals surface area contributed by atoms with Crippen LogP contribution >= 0.6 is 24.0 Å². The maximum absolute atomic E-state index is 12.3. The molecule has 1 aliphatic heterocycles. The molecule has 0 spiro atoms. The van der Waals surface area contributed by atoms with Gasteiger partial charge >= 0.3 is 0 Å². The van der Waals surface area contributed by atoms with Crippen LogP contribution in [0.15, 0.2) is 65.7 Å². The van der Waals surface area contributed by atoms with E-state index in [9.17, 15) is 4.79 Å². The van der Waals surface area contributed by atoms with Gasteiger partial charge in [-0.1, -0.05) is 48.5 Å². The fraction of sp³-hybridized carbons (Fsp3) is 0.417. The van der Waals surface area contributed by atoms with Gasteiger partial charge in [0.2, 0.25) is 5.91 Å². The van der Waals surface area contributed by atoms with E-state index in [1.54, 1.807) is 7.05 Å². The van der Waals surface area contributed by atoms with Gasteiger partial charge in [0.25, 0.3) is 0 Å². The quantitative estimate of drug-likeness (QED) is 0.189. The van der Waals surface area contributed by atoms with Crippen LogP contribution in [0.25, 0.3) is 0 Å². The average molecular weight is 535 g/mol. The lowest BCUT2D eigenvalue weighted by atomic mass is 10.1. The largest absolute Gasteiger partial charge is 0.385 e. The van der Waals surface area contributed by atoms with E-state index in [2.05, 4.69) is 45.2 Å². The molecule has 1 fully saturated rings. The smallest absolute Gasteiger partial charge is 0.223 e. The molecule has 0 saturated carbocycles. The molecule has 3 N–H and O–H groups in total. The van der Waals surface area contributed by atoms with Gasteiger partial charge in [0.05, 0.1) is 0 Å². The Morgan fingerprint density at radius 1 is 1.03 bits per heavy atom.